The molecule has 5 nitrogen and oxygen atoms in total. The molecule has 1 atom stereocenters. The second kappa shape index (κ2) is 6.24. The van der Waals surface area contributed by atoms with Crippen LogP contribution in [0.1, 0.15) is 31.2 Å². The molecule has 0 spiro atoms. The van der Waals surface area contributed by atoms with Crippen LogP contribution in [0.5, 0.6) is 0 Å². The Bertz CT molecular complexity index is 400. The number of aryl methyl sites for hydroxylation is 2. The minimum atomic E-state index is -0.858. The highest BCUT2D eigenvalue weighted by Gasteiger charge is 2.30. The molecule has 0 saturated heterocycles. The maximum absolute atomic E-state index is 11.1. The molecule has 2 N–H and O–H groups in total. The Morgan fingerprint density at radius 3 is 2.67 bits per heavy atom. The number of likely N-dealkylation sites (N-methyl/N-ethyl adjacent to an activating group) is 1. The minimum Gasteiger partial charge on any atom is -0.480 e. The third kappa shape index (κ3) is 3.74. The van der Waals surface area contributed by atoms with Crippen molar-refractivity contribution in [2.24, 2.45) is 0 Å². The van der Waals surface area contributed by atoms with Crippen molar-refractivity contribution in [2.75, 3.05) is 12.8 Å². The number of thioether (sulfide) groups is 1. The third-order valence-corrected chi connectivity index (χ3v) is 3.99. The van der Waals surface area contributed by atoms with E-state index in [1.165, 1.54) is 11.8 Å². The van der Waals surface area contributed by atoms with E-state index in [0.717, 1.165) is 23.6 Å². The van der Waals surface area contributed by atoms with E-state index in [2.05, 4.69) is 10.3 Å². The minimum absolute atomic E-state index is 0.574. The van der Waals surface area contributed by atoms with Crippen LogP contribution in [0, 0.1) is 13.8 Å². The molecule has 0 aliphatic carbocycles. The number of oxazole rings is 1. The molecular weight excluding hydrogens is 252 g/mol. The van der Waals surface area contributed by atoms with Crippen LogP contribution in [0.4, 0.5) is 0 Å². The summed E-state index contributed by atoms with van der Waals surface area (Å²) < 4.78 is 5.44. The molecule has 0 aromatic carbocycles. The molecule has 0 aliphatic heterocycles. The van der Waals surface area contributed by atoms with Crippen molar-refractivity contribution in [3.05, 3.63) is 11.5 Å². The van der Waals surface area contributed by atoms with E-state index in [1.54, 1.807) is 14.0 Å². The summed E-state index contributed by atoms with van der Waals surface area (Å²) in [6.07, 6.45) is 1.36. The number of nitrogens with zero attached hydrogens (tertiary/aromatic N) is 1. The van der Waals surface area contributed by atoms with Crippen molar-refractivity contribution < 1.29 is 14.3 Å². The average molecular weight is 272 g/mol. The molecule has 6 heteroatoms. The van der Waals surface area contributed by atoms with Gasteiger partial charge >= 0.3 is 5.97 Å². The van der Waals surface area contributed by atoms with Gasteiger partial charge in [0.05, 0.1) is 5.69 Å². The van der Waals surface area contributed by atoms with E-state index in [9.17, 15) is 4.79 Å². The normalized spacial score (nSPS) is 14.4. The van der Waals surface area contributed by atoms with Crippen molar-refractivity contribution in [2.45, 2.75) is 44.4 Å². The Morgan fingerprint density at radius 1 is 1.56 bits per heavy atom. The molecule has 0 fully saturated rings. The van der Waals surface area contributed by atoms with Crippen LogP contribution in [-0.4, -0.2) is 34.4 Å². The van der Waals surface area contributed by atoms with Crippen LogP contribution in [0.15, 0.2) is 9.64 Å². The summed E-state index contributed by atoms with van der Waals surface area (Å²) in [6.45, 7) is 5.49. The molecule has 0 radical (unpaired) electrons. The van der Waals surface area contributed by atoms with E-state index in [4.69, 9.17) is 9.52 Å². The monoisotopic (exact) mass is 272 g/mol. The van der Waals surface area contributed by atoms with Crippen LogP contribution < -0.4 is 5.32 Å². The van der Waals surface area contributed by atoms with Gasteiger partial charge in [-0.3, -0.25) is 4.79 Å². The van der Waals surface area contributed by atoms with Gasteiger partial charge in [0.1, 0.15) is 11.3 Å². The molecule has 1 aromatic rings. The topological polar surface area (TPSA) is 75.4 Å². The molecule has 1 rings (SSSR count). The highest BCUT2D eigenvalue weighted by molar-refractivity contribution is 7.99. The van der Waals surface area contributed by atoms with Crippen molar-refractivity contribution in [3.63, 3.8) is 0 Å². The van der Waals surface area contributed by atoms with E-state index in [1.807, 2.05) is 13.8 Å². The summed E-state index contributed by atoms with van der Waals surface area (Å²) >= 11 is 1.52. The molecular formula is C12H20N2O3S. The van der Waals surface area contributed by atoms with Crippen LogP contribution in [-0.2, 0) is 4.79 Å². The summed E-state index contributed by atoms with van der Waals surface area (Å²) in [5.41, 5.74) is 0.0475. The van der Waals surface area contributed by atoms with Crippen molar-refractivity contribution >= 4 is 17.7 Å². The average Bonchev–Trinajstić information content (AvgIpc) is 2.64. The zero-order chi connectivity index (χ0) is 13.8. The van der Waals surface area contributed by atoms with Crippen LogP contribution in [0.25, 0.3) is 0 Å². The number of hydrogen-bond acceptors (Lipinski definition) is 5. The molecule has 0 saturated carbocycles. The van der Waals surface area contributed by atoms with Gasteiger partial charge < -0.3 is 14.8 Å². The van der Waals surface area contributed by atoms with Gasteiger partial charge in [0.2, 0.25) is 0 Å². The molecule has 1 aromatic heterocycles. The van der Waals surface area contributed by atoms with E-state index >= 15 is 0 Å². The Kier molecular flexibility index (Phi) is 5.22. The van der Waals surface area contributed by atoms with Gasteiger partial charge in [-0.15, -0.1) is 0 Å². The lowest BCUT2D eigenvalue weighted by atomic mass is 9.97. The number of nitrogens with one attached hydrogen (secondary N) is 1. The van der Waals surface area contributed by atoms with Crippen molar-refractivity contribution in [1.29, 1.82) is 0 Å². The molecule has 0 bridgehead atoms. The Morgan fingerprint density at radius 2 is 2.22 bits per heavy atom. The number of aromatic nitrogens is 1. The first-order valence-corrected chi connectivity index (χ1v) is 6.87. The predicted molar refractivity (Wildman–Crippen MR) is 71.0 cm³/mol. The van der Waals surface area contributed by atoms with Gasteiger partial charge in [0.15, 0.2) is 0 Å². The number of hydrogen-bond donors (Lipinski definition) is 2. The number of carboxylic acids is 1. The van der Waals surface area contributed by atoms with Crippen LogP contribution in [0.2, 0.25) is 0 Å². The molecule has 1 heterocycles. The first-order chi connectivity index (χ1) is 8.39. The second-order valence-electron chi connectivity index (χ2n) is 4.46. The number of carbonyl (C=O) groups is 1. The maximum Gasteiger partial charge on any atom is 0.323 e. The summed E-state index contributed by atoms with van der Waals surface area (Å²) in [7, 11) is 1.67. The smallest absolute Gasteiger partial charge is 0.323 e. The summed E-state index contributed by atoms with van der Waals surface area (Å²) in [6, 6.07) is 0. The highest BCUT2D eigenvalue weighted by atomic mass is 32.2. The second-order valence-corrected chi connectivity index (χ2v) is 5.51. The fourth-order valence-corrected chi connectivity index (χ4v) is 2.28. The molecule has 1 unspecified atom stereocenters. The predicted octanol–water partition coefficient (Wildman–Crippen LogP) is 2.23. The number of carboxylic acid groups (broad SMARTS) is 1. The first-order valence-electron chi connectivity index (χ1n) is 5.88. The first kappa shape index (κ1) is 15.0. The Balaban J connectivity index is 2.36. The van der Waals surface area contributed by atoms with Crippen molar-refractivity contribution in [3.8, 4) is 0 Å². The van der Waals surface area contributed by atoms with Gasteiger partial charge in [0, 0.05) is 5.75 Å². The van der Waals surface area contributed by atoms with Gasteiger partial charge in [-0.25, -0.2) is 4.98 Å². The van der Waals surface area contributed by atoms with Crippen LogP contribution >= 0.6 is 11.8 Å². The summed E-state index contributed by atoms with van der Waals surface area (Å²) in [4.78, 5) is 15.3. The van der Waals surface area contributed by atoms with E-state index in [-0.39, 0.29) is 0 Å². The van der Waals surface area contributed by atoms with Gasteiger partial charge in [-0.2, -0.15) is 0 Å². The fourth-order valence-electron chi connectivity index (χ4n) is 1.43. The Hall–Kier alpha value is -1.01. The van der Waals surface area contributed by atoms with Crippen LogP contribution in [0.3, 0.4) is 0 Å². The molecule has 0 aliphatic rings. The summed E-state index contributed by atoms with van der Waals surface area (Å²) in [5.74, 6) is 0.810. The van der Waals surface area contributed by atoms with Gasteiger partial charge in [-0.05, 0) is 40.7 Å². The molecule has 0 amide bonds. The fraction of sp³-hybridized carbons (Fsp3) is 0.667. The number of aliphatic carboxylic acids is 1. The Labute approximate surface area is 111 Å². The van der Waals surface area contributed by atoms with E-state index < -0.39 is 11.5 Å². The maximum atomic E-state index is 11.1. The number of rotatable bonds is 7. The van der Waals surface area contributed by atoms with Gasteiger partial charge in [0.25, 0.3) is 5.22 Å². The molecule has 102 valence electrons. The van der Waals surface area contributed by atoms with Gasteiger partial charge in [-0.1, -0.05) is 11.8 Å². The molecule has 18 heavy (non-hydrogen) atoms. The van der Waals surface area contributed by atoms with Crippen molar-refractivity contribution in [1.82, 2.24) is 10.3 Å². The third-order valence-electron chi connectivity index (χ3n) is 3.08. The summed E-state index contributed by atoms with van der Waals surface area (Å²) in [5, 5.41) is 12.6. The lowest BCUT2D eigenvalue weighted by Gasteiger charge is -2.23. The van der Waals surface area contributed by atoms with E-state index in [0.29, 0.717) is 11.6 Å². The zero-order valence-corrected chi connectivity index (χ0v) is 12.1. The standard InChI is InChI=1S/C12H20N2O3S/c1-8-9(2)17-11(14-8)18-7-5-6-12(3,13-4)10(15)16/h13H,5-7H2,1-4H3,(H,15,16). The quantitative estimate of drug-likeness (QED) is 0.585. The lowest BCUT2D eigenvalue weighted by molar-refractivity contribution is -0.144. The largest absolute Gasteiger partial charge is 0.480 e. The zero-order valence-electron chi connectivity index (χ0n) is 11.2. The lowest BCUT2D eigenvalue weighted by Crippen LogP contribution is -2.47. The highest BCUT2D eigenvalue weighted by Crippen LogP contribution is 2.22. The SMILES string of the molecule is CNC(C)(CCCSc1nc(C)c(C)o1)C(=O)O.